The van der Waals surface area contributed by atoms with Gasteiger partial charge in [0.15, 0.2) is 0 Å². The molecular weight excluding hydrogens is 180 g/mol. The van der Waals surface area contributed by atoms with Gasteiger partial charge in [0.25, 0.3) is 0 Å². The Balaban J connectivity index is 3.25. The third-order valence-electron chi connectivity index (χ3n) is 0.951. The van der Waals surface area contributed by atoms with Gasteiger partial charge in [0.1, 0.15) is 0 Å². The Morgan fingerprint density at radius 2 is 2.20 bits per heavy atom. The summed E-state index contributed by atoms with van der Waals surface area (Å²) in [7, 11) is 3.76. The molecule has 0 aromatic rings. The van der Waals surface area contributed by atoms with Crippen LogP contribution in [0.25, 0.3) is 0 Å². The van der Waals surface area contributed by atoms with E-state index in [0.29, 0.717) is 0 Å². The van der Waals surface area contributed by atoms with E-state index in [-0.39, 0.29) is 0 Å². The third kappa shape index (κ3) is 5.57. The van der Waals surface area contributed by atoms with Crippen LogP contribution in [0.15, 0.2) is 11.5 Å². The molecule has 0 fully saturated rings. The standard InChI is InChI=1S/C7H14S3/c1-4-6-9-10-7(5-2)8-3/h4,6-7H,5H2,1-3H3/b6-4+. The summed E-state index contributed by atoms with van der Waals surface area (Å²) in [6, 6.07) is 0. The van der Waals surface area contributed by atoms with Crippen molar-refractivity contribution in [2.45, 2.75) is 24.9 Å². The van der Waals surface area contributed by atoms with Crippen LogP contribution in [0.2, 0.25) is 0 Å². The number of allylic oxidation sites excluding steroid dienone is 1. The molecule has 0 aliphatic rings. The monoisotopic (exact) mass is 194 g/mol. The molecule has 0 nitrogen and oxygen atoms in total. The van der Waals surface area contributed by atoms with Gasteiger partial charge in [-0.05, 0) is 25.0 Å². The summed E-state index contributed by atoms with van der Waals surface area (Å²) in [6.07, 6.45) is 5.48. The molecule has 0 aliphatic carbocycles. The fourth-order valence-electron chi connectivity index (χ4n) is 0.424. The normalized spacial score (nSPS) is 14.3. The lowest BCUT2D eigenvalue weighted by molar-refractivity contribution is 1.06. The fourth-order valence-corrected chi connectivity index (χ4v) is 3.93. The van der Waals surface area contributed by atoms with Gasteiger partial charge < -0.3 is 0 Å². The summed E-state index contributed by atoms with van der Waals surface area (Å²) >= 11 is 1.93. The maximum Gasteiger partial charge on any atom is 0.0603 e. The van der Waals surface area contributed by atoms with Gasteiger partial charge in [-0.2, -0.15) is 11.8 Å². The summed E-state index contributed by atoms with van der Waals surface area (Å²) in [4.78, 5) is 0. The second-order valence-electron chi connectivity index (χ2n) is 1.74. The van der Waals surface area contributed by atoms with Crippen molar-refractivity contribution in [3.8, 4) is 0 Å². The van der Waals surface area contributed by atoms with E-state index in [2.05, 4.69) is 24.7 Å². The van der Waals surface area contributed by atoms with Crippen molar-refractivity contribution in [3.63, 3.8) is 0 Å². The maximum atomic E-state index is 2.23. The predicted molar refractivity (Wildman–Crippen MR) is 57.6 cm³/mol. The van der Waals surface area contributed by atoms with Crippen LogP contribution in [0.3, 0.4) is 0 Å². The molecule has 1 atom stereocenters. The highest BCUT2D eigenvalue weighted by atomic mass is 33.1. The smallest absolute Gasteiger partial charge is 0.0603 e. The molecule has 60 valence electrons. The van der Waals surface area contributed by atoms with Crippen molar-refractivity contribution in [2.75, 3.05) is 6.26 Å². The number of hydrogen-bond donors (Lipinski definition) is 0. The van der Waals surface area contributed by atoms with Crippen LogP contribution in [0.4, 0.5) is 0 Å². The first kappa shape index (κ1) is 10.8. The molecule has 0 saturated carbocycles. The minimum absolute atomic E-state index is 0.751. The van der Waals surface area contributed by atoms with Crippen LogP contribution < -0.4 is 0 Å². The van der Waals surface area contributed by atoms with E-state index in [9.17, 15) is 0 Å². The molecule has 0 aromatic heterocycles. The van der Waals surface area contributed by atoms with E-state index in [1.807, 2.05) is 40.3 Å². The van der Waals surface area contributed by atoms with Crippen LogP contribution in [0.5, 0.6) is 0 Å². The zero-order valence-electron chi connectivity index (χ0n) is 6.66. The third-order valence-corrected chi connectivity index (χ3v) is 5.45. The molecule has 0 heterocycles. The summed E-state index contributed by atoms with van der Waals surface area (Å²) < 4.78 is 0.751. The lowest BCUT2D eigenvalue weighted by Gasteiger charge is -2.07. The Hall–Kier alpha value is 0.790. The Morgan fingerprint density at radius 3 is 2.60 bits per heavy atom. The Bertz CT molecular complexity index is 86.9. The first-order valence-electron chi connectivity index (χ1n) is 3.31. The highest BCUT2D eigenvalue weighted by Gasteiger charge is 2.01. The van der Waals surface area contributed by atoms with Crippen molar-refractivity contribution in [1.29, 1.82) is 0 Å². The van der Waals surface area contributed by atoms with E-state index in [1.165, 1.54) is 6.42 Å². The Kier molecular flexibility index (Phi) is 8.52. The first-order valence-corrected chi connectivity index (χ1v) is 6.87. The van der Waals surface area contributed by atoms with Gasteiger partial charge in [0.05, 0.1) is 4.58 Å². The minimum Gasteiger partial charge on any atom is -0.150 e. The van der Waals surface area contributed by atoms with E-state index in [0.717, 1.165) is 4.58 Å². The summed E-state index contributed by atoms with van der Waals surface area (Å²) in [5.74, 6) is 0. The van der Waals surface area contributed by atoms with Crippen molar-refractivity contribution in [1.82, 2.24) is 0 Å². The van der Waals surface area contributed by atoms with Crippen LogP contribution in [-0.2, 0) is 0 Å². The molecule has 3 heteroatoms. The molecule has 10 heavy (non-hydrogen) atoms. The van der Waals surface area contributed by atoms with Crippen molar-refractivity contribution < 1.29 is 0 Å². The van der Waals surface area contributed by atoms with Gasteiger partial charge >= 0.3 is 0 Å². The van der Waals surface area contributed by atoms with E-state index in [4.69, 9.17) is 0 Å². The molecular formula is C7H14S3. The van der Waals surface area contributed by atoms with Crippen molar-refractivity contribution in [2.24, 2.45) is 0 Å². The number of thioether (sulfide) groups is 1. The van der Waals surface area contributed by atoms with Gasteiger partial charge in [-0.3, -0.25) is 0 Å². The molecule has 0 amide bonds. The second-order valence-corrected chi connectivity index (χ2v) is 5.46. The molecule has 0 rings (SSSR count). The van der Waals surface area contributed by atoms with Gasteiger partial charge in [-0.15, -0.1) is 0 Å². The first-order chi connectivity index (χ1) is 4.85. The van der Waals surface area contributed by atoms with Crippen molar-refractivity contribution >= 4 is 33.3 Å². The molecule has 0 saturated heterocycles. The average Bonchev–Trinajstić information content (AvgIpc) is 1.99. The van der Waals surface area contributed by atoms with Crippen LogP contribution >= 0.6 is 33.3 Å². The average molecular weight is 194 g/mol. The van der Waals surface area contributed by atoms with Gasteiger partial charge in [0, 0.05) is 0 Å². The minimum atomic E-state index is 0.751. The summed E-state index contributed by atoms with van der Waals surface area (Å²) in [6.45, 7) is 4.28. The lowest BCUT2D eigenvalue weighted by atomic mass is 10.6. The highest BCUT2D eigenvalue weighted by molar-refractivity contribution is 8.79. The second kappa shape index (κ2) is 7.89. The maximum absolute atomic E-state index is 2.23. The summed E-state index contributed by atoms with van der Waals surface area (Å²) in [5, 5.41) is 2.13. The van der Waals surface area contributed by atoms with Crippen LogP contribution in [-0.4, -0.2) is 10.8 Å². The Morgan fingerprint density at radius 1 is 1.50 bits per heavy atom. The van der Waals surface area contributed by atoms with E-state index >= 15 is 0 Å². The quantitative estimate of drug-likeness (QED) is 0.479. The zero-order chi connectivity index (χ0) is 7.82. The molecule has 0 aromatic carbocycles. The van der Waals surface area contributed by atoms with Crippen LogP contribution in [0, 0.1) is 0 Å². The molecule has 1 unspecified atom stereocenters. The predicted octanol–water partition coefficient (Wildman–Crippen LogP) is 4.00. The topological polar surface area (TPSA) is 0 Å². The fraction of sp³-hybridized carbons (Fsp3) is 0.714. The Labute approximate surface area is 76.0 Å². The molecule has 0 N–H and O–H groups in total. The lowest BCUT2D eigenvalue weighted by Crippen LogP contribution is -1.88. The number of rotatable bonds is 5. The zero-order valence-corrected chi connectivity index (χ0v) is 9.11. The molecule has 0 bridgehead atoms. The number of hydrogen-bond acceptors (Lipinski definition) is 3. The molecule has 0 radical (unpaired) electrons. The van der Waals surface area contributed by atoms with Gasteiger partial charge in [-0.25, -0.2) is 0 Å². The van der Waals surface area contributed by atoms with E-state index in [1.54, 1.807) is 0 Å². The van der Waals surface area contributed by atoms with Gasteiger partial charge in [0.2, 0.25) is 0 Å². The largest absolute Gasteiger partial charge is 0.150 e. The van der Waals surface area contributed by atoms with Crippen LogP contribution in [0.1, 0.15) is 20.3 Å². The van der Waals surface area contributed by atoms with Crippen molar-refractivity contribution in [3.05, 3.63) is 11.5 Å². The van der Waals surface area contributed by atoms with E-state index < -0.39 is 0 Å². The highest BCUT2D eigenvalue weighted by Crippen LogP contribution is 2.34. The SMILES string of the molecule is C/C=C/SSC(CC)SC. The summed E-state index contributed by atoms with van der Waals surface area (Å²) in [5.41, 5.74) is 0. The molecule has 0 spiro atoms. The molecule has 0 aliphatic heterocycles. The van der Waals surface area contributed by atoms with Gasteiger partial charge in [-0.1, -0.05) is 34.6 Å².